The molecule has 18 heavy (non-hydrogen) atoms. The molecule has 0 saturated heterocycles. The van der Waals surface area contributed by atoms with Crippen LogP contribution in [0.4, 0.5) is 0 Å². The van der Waals surface area contributed by atoms with Crippen molar-refractivity contribution in [3.8, 4) is 0 Å². The molecule has 0 bridgehead atoms. The summed E-state index contributed by atoms with van der Waals surface area (Å²) in [6.07, 6.45) is 3.88. The van der Waals surface area contributed by atoms with Gasteiger partial charge >= 0.3 is 29.6 Å². The molecule has 0 aliphatic rings. The Morgan fingerprint density at radius 3 is 2.56 bits per heavy atom. The van der Waals surface area contributed by atoms with Crippen LogP contribution in [0.15, 0.2) is 41.5 Å². The van der Waals surface area contributed by atoms with Crippen LogP contribution in [0, 0.1) is 0 Å². The maximum Gasteiger partial charge on any atom is 1.00 e. The van der Waals surface area contributed by atoms with Gasteiger partial charge in [0.1, 0.15) is 0 Å². The van der Waals surface area contributed by atoms with Crippen molar-refractivity contribution in [1.29, 1.82) is 0 Å². The molecule has 0 spiro atoms. The largest absolute Gasteiger partial charge is 1.00 e. The molecular weight excluding hydrogens is 239 g/mol. The number of carboxylic acids is 1. The Labute approximate surface area is 129 Å². The zero-order chi connectivity index (χ0) is 12.7. The first-order valence-electron chi connectivity index (χ1n) is 5.29. The molecule has 1 aromatic rings. The van der Waals surface area contributed by atoms with Crippen molar-refractivity contribution in [2.75, 3.05) is 13.6 Å². The van der Waals surface area contributed by atoms with Crippen LogP contribution >= 0.6 is 0 Å². The molecule has 5 heteroatoms. The SMILES string of the molecule is CC(=NN(C)C/C=C/c1ccccc1)C(=O)[O-].[Na+]. The summed E-state index contributed by atoms with van der Waals surface area (Å²) in [5, 5.41) is 15.8. The summed E-state index contributed by atoms with van der Waals surface area (Å²) in [6.45, 7) is 1.95. The van der Waals surface area contributed by atoms with Gasteiger partial charge in [-0.1, -0.05) is 42.5 Å². The van der Waals surface area contributed by atoms with Gasteiger partial charge in [0.05, 0.1) is 18.2 Å². The average Bonchev–Trinajstić information content (AvgIpc) is 2.30. The van der Waals surface area contributed by atoms with Gasteiger partial charge in [-0.25, -0.2) is 0 Å². The number of hydrogen-bond acceptors (Lipinski definition) is 4. The van der Waals surface area contributed by atoms with E-state index in [0.717, 1.165) is 5.56 Å². The Bertz CT molecular complexity index is 430. The van der Waals surface area contributed by atoms with Crippen molar-refractivity contribution >= 4 is 17.8 Å². The third-order valence-corrected chi connectivity index (χ3v) is 2.10. The number of benzene rings is 1. The van der Waals surface area contributed by atoms with E-state index < -0.39 is 5.97 Å². The number of hydrazone groups is 1. The van der Waals surface area contributed by atoms with E-state index in [2.05, 4.69) is 5.10 Å². The molecule has 0 aromatic heterocycles. The summed E-state index contributed by atoms with van der Waals surface area (Å²) in [5.74, 6) is -1.25. The van der Waals surface area contributed by atoms with Crippen molar-refractivity contribution in [3.63, 3.8) is 0 Å². The zero-order valence-corrected chi connectivity index (χ0v) is 13.0. The summed E-state index contributed by atoms with van der Waals surface area (Å²) in [5.41, 5.74) is 1.07. The molecule has 0 aliphatic heterocycles. The summed E-state index contributed by atoms with van der Waals surface area (Å²) >= 11 is 0. The van der Waals surface area contributed by atoms with Gasteiger partial charge in [0.2, 0.25) is 0 Å². The first-order valence-corrected chi connectivity index (χ1v) is 5.29. The number of carbonyl (C=O) groups excluding carboxylic acids is 1. The van der Waals surface area contributed by atoms with Crippen LogP contribution in [0.1, 0.15) is 12.5 Å². The maximum absolute atomic E-state index is 10.4. The monoisotopic (exact) mass is 254 g/mol. The van der Waals surface area contributed by atoms with Crippen molar-refractivity contribution < 1.29 is 39.5 Å². The number of nitrogens with zero attached hydrogens (tertiary/aromatic N) is 2. The van der Waals surface area contributed by atoms with Gasteiger partial charge in [-0.15, -0.1) is 0 Å². The average molecular weight is 254 g/mol. The molecule has 4 nitrogen and oxygen atoms in total. The second-order valence-corrected chi connectivity index (χ2v) is 3.63. The van der Waals surface area contributed by atoms with Crippen molar-refractivity contribution in [2.24, 2.45) is 5.10 Å². The summed E-state index contributed by atoms with van der Waals surface area (Å²) in [4.78, 5) is 10.4. The minimum atomic E-state index is -1.25. The molecule has 1 rings (SSSR count). The Morgan fingerprint density at radius 1 is 1.39 bits per heavy atom. The van der Waals surface area contributed by atoms with Crippen LogP contribution in [0.5, 0.6) is 0 Å². The number of rotatable bonds is 5. The quantitative estimate of drug-likeness (QED) is 0.339. The van der Waals surface area contributed by atoms with Crippen LogP contribution in [0.2, 0.25) is 0 Å². The van der Waals surface area contributed by atoms with Gasteiger partial charge in [-0.2, -0.15) is 5.10 Å². The molecule has 0 amide bonds. The molecule has 0 aliphatic carbocycles. The fourth-order valence-corrected chi connectivity index (χ4v) is 1.24. The van der Waals surface area contributed by atoms with Gasteiger partial charge in [0.15, 0.2) is 0 Å². The first-order chi connectivity index (χ1) is 8.09. The number of aliphatic carboxylic acids is 1. The molecule has 0 N–H and O–H groups in total. The zero-order valence-electron chi connectivity index (χ0n) is 11.0. The fourth-order valence-electron chi connectivity index (χ4n) is 1.24. The predicted octanol–water partition coefficient (Wildman–Crippen LogP) is -2.24. The van der Waals surface area contributed by atoms with Gasteiger partial charge in [-0.3, -0.25) is 5.01 Å². The molecule has 0 saturated carbocycles. The third kappa shape index (κ3) is 6.59. The normalized spacial score (nSPS) is 11.1. The number of carboxylic acid groups (broad SMARTS) is 1. The smallest absolute Gasteiger partial charge is 0.543 e. The molecule has 0 unspecified atom stereocenters. The van der Waals surface area contributed by atoms with E-state index in [0.29, 0.717) is 6.54 Å². The Kier molecular flexibility index (Phi) is 8.37. The van der Waals surface area contributed by atoms with Gasteiger partial charge in [0, 0.05) is 7.05 Å². The number of likely N-dealkylation sites (N-methyl/N-ethyl adjacent to an activating group) is 1. The van der Waals surface area contributed by atoms with E-state index in [1.165, 1.54) is 6.92 Å². The fraction of sp³-hybridized carbons (Fsp3) is 0.231. The molecule has 0 radical (unpaired) electrons. The van der Waals surface area contributed by atoms with E-state index in [-0.39, 0.29) is 35.3 Å². The second kappa shape index (κ2) is 8.91. The molecule has 90 valence electrons. The first kappa shape index (κ1) is 16.9. The predicted molar refractivity (Wildman–Crippen MR) is 66.2 cm³/mol. The van der Waals surface area contributed by atoms with E-state index in [9.17, 15) is 9.90 Å². The molecule has 0 fully saturated rings. The van der Waals surface area contributed by atoms with Crippen LogP contribution in [0.25, 0.3) is 6.08 Å². The van der Waals surface area contributed by atoms with Crippen molar-refractivity contribution in [2.45, 2.75) is 6.92 Å². The van der Waals surface area contributed by atoms with Crippen LogP contribution < -0.4 is 34.7 Å². The summed E-state index contributed by atoms with van der Waals surface area (Å²) < 4.78 is 0. The molecule has 1 aromatic carbocycles. The van der Waals surface area contributed by atoms with Crippen molar-refractivity contribution in [3.05, 3.63) is 42.0 Å². The minimum Gasteiger partial charge on any atom is -0.543 e. The van der Waals surface area contributed by atoms with Crippen LogP contribution in [-0.4, -0.2) is 30.3 Å². The van der Waals surface area contributed by atoms with E-state index in [1.54, 1.807) is 12.1 Å². The van der Waals surface area contributed by atoms with Gasteiger partial charge in [-0.05, 0) is 12.5 Å². The standard InChI is InChI=1S/C13H16N2O2.Na/c1-11(13(16)17)14-15(2)10-6-9-12-7-4-3-5-8-12;/h3-9H,10H2,1-2H3,(H,16,17);/q;+1/p-1/b9-6+,14-11?;. The van der Waals surface area contributed by atoms with E-state index >= 15 is 0 Å². The van der Waals surface area contributed by atoms with Gasteiger partial charge in [0.25, 0.3) is 0 Å². The van der Waals surface area contributed by atoms with Crippen LogP contribution in [0.3, 0.4) is 0 Å². The molecule has 0 heterocycles. The third-order valence-electron chi connectivity index (χ3n) is 2.10. The number of carbonyl (C=O) groups is 1. The minimum absolute atomic E-state index is 0. The summed E-state index contributed by atoms with van der Waals surface area (Å²) in [6, 6.07) is 9.86. The van der Waals surface area contributed by atoms with E-state index in [1.807, 2.05) is 42.5 Å². The molecular formula is C13H15N2NaO2. The topological polar surface area (TPSA) is 55.7 Å². The Balaban J connectivity index is 0.00000289. The Morgan fingerprint density at radius 2 is 2.00 bits per heavy atom. The second-order valence-electron chi connectivity index (χ2n) is 3.63. The number of hydrogen-bond donors (Lipinski definition) is 0. The van der Waals surface area contributed by atoms with E-state index in [4.69, 9.17) is 0 Å². The summed E-state index contributed by atoms with van der Waals surface area (Å²) in [7, 11) is 1.71. The maximum atomic E-state index is 10.4. The van der Waals surface area contributed by atoms with Crippen LogP contribution in [-0.2, 0) is 4.79 Å². The molecule has 0 atom stereocenters. The van der Waals surface area contributed by atoms with Gasteiger partial charge < -0.3 is 9.90 Å². The Hall–Kier alpha value is -1.10. The van der Waals surface area contributed by atoms with Crippen molar-refractivity contribution in [1.82, 2.24) is 5.01 Å².